The number of benzene rings is 1. The molecule has 96 valence electrons. The van der Waals surface area contributed by atoms with E-state index in [2.05, 4.69) is 5.32 Å². The third-order valence-corrected chi connectivity index (χ3v) is 2.69. The van der Waals surface area contributed by atoms with Crippen molar-refractivity contribution in [3.63, 3.8) is 0 Å². The second-order valence-electron chi connectivity index (χ2n) is 4.12. The molecule has 0 fully saturated rings. The number of hydrogen-bond acceptors (Lipinski definition) is 4. The summed E-state index contributed by atoms with van der Waals surface area (Å²) in [6.45, 7) is 1.63. The first-order valence-electron chi connectivity index (χ1n) is 5.48. The number of aliphatic hydroxyl groups excluding tert-OH is 1. The van der Waals surface area contributed by atoms with Gasteiger partial charge in [-0.15, -0.1) is 0 Å². The van der Waals surface area contributed by atoms with Gasteiger partial charge in [-0.25, -0.2) is 0 Å². The van der Waals surface area contributed by atoms with Crippen molar-refractivity contribution in [2.45, 2.75) is 25.6 Å². The van der Waals surface area contributed by atoms with Crippen molar-refractivity contribution in [2.24, 2.45) is 0 Å². The van der Waals surface area contributed by atoms with Crippen LogP contribution >= 0.6 is 0 Å². The van der Waals surface area contributed by atoms with Crippen LogP contribution in [0, 0.1) is 0 Å². The maximum absolute atomic E-state index is 11.4. The zero-order valence-corrected chi connectivity index (χ0v) is 9.71. The van der Waals surface area contributed by atoms with E-state index in [-0.39, 0.29) is 12.3 Å². The van der Waals surface area contributed by atoms with Crippen molar-refractivity contribution in [1.82, 2.24) is 0 Å². The van der Waals surface area contributed by atoms with E-state index in [9.17, 15) is 14.7 Å². The molecule has 3 N–H and O–H groups in total. The summed E-state index contributed by atoms with van der Waals surface area (Å²) in [4.78, 5) is 21.9. The smallest absolute Gasteiger partial charge is 0.306 e. The van der Waals surface area contributed by atoms with Crippen LogP contribution in [0.25, 0.3) is 0 Å². The van der Waals surface area contributed by atoms with Gasteiger partial charge in [0.2, 0.25) is 0 Å². The molecule has 2 rings (SSSR count). The Hall–Kier alpha value is -2.08. The standard InChI is InChI=1S/C12H13NO5/c1-6-12(17)13-8-4-7(2-3-10(8)18-6)9(14)5-11(15)16/h2-4,6,9,14H,5H2,1H3,(H,13,17)(H,15,16). The van der Waals surface area contributed by atoms with Crippen molar-refractivity contribution in [3.05, 3.63) is 23.8 Å². The van der Waals surface area contributed by atoms with Gasteiger partial charge in [0.05, 0.1) is 18.2 Å². The number of nitrogens with one attached hydrogen (secondary N) is 1. The number of carbonyl (C=O) groups excluding carboxylic acids is 1. The highest BCUT2D eigenvalue weighted by Crippen LogP contribution is 2.32. The molecule has 6 heteroatoms. The SMILES string of the molecule is CC1Oc2ccc(C(O)CC(=O)O)cc2NC1=O. The molecule has 6 nitrogen and oxygen atoms in total. The lowest BCUT2D eigenvalue weighted by atomic mass is 10.0. The van der Waals surface area contributed by atoms with Crippen LogP contribution < -0.4 is 10.1 Å². The van der Waals surface area contributed by atoms with E-state index in [1.807, 2.05) is 0 Å². The number of aliphatic carboxylic acids is 1. The molecule has 1 heterocycles. The van der Waals surface area contributed by atoms with Crippen LogP contribution in [-0.4, -0.2) is 28.2 Å². The molecule has 1 aromatic rings. The Balaban J connectivity index is 2.24. The Morgan fingerprint density at radius 3 is 2.94 bits per heavy atom. The lowest BCUT2D eigenvalue weighted by Crippen LogP contribution is -2.34. The highest BCUT2D eigenvalue weighted by molar-refractivity contribution is 5.97. The highest BCUT2D eigenvalue weighted by atomic mass is 16.5. The molecular formula is C12H13NO5. The average Bonchev–Trinajstić information content (AvgIpc) is 2.29. The number of carboxylic acid groups (broad SMARTS) is 1. The van der Waals surface area contributed by atoms with Crippen molar-refractivity contribution in [3.8, 4) is 5.75 Å². The van der Waals surface area contributed by atoms with Gasteiger partial charge in [0, 0.05) is 0 Å². The van der Waals surface area contributed by atoms with E-state index in [0.29, 0.717) is 17.0 Å². The van der Waals surface area contributed by atoms with Gasteiger partial charge in [0.25, 0.3) is 5.91 Å². The van der Waals surface area contributed by atoms with E-state index in [1.54, 1.807) is 19.1 Å². The number of hydrogen-bond donors (Lipinski definition) is 3. The number of anilines is 1. The first-order chi connectivity index (χ1) is 8.47. The molecule has 18 heavy (non-hydrogen) atoms. The fourth-order valence-electron chi connectivity index (χ4n) is 1.72. The Morgan fingerprint density at radius 2 is 2.28 bits per heavy atom. The molecule has 0 saturated carbocycles. The molecule has 2 unspecified atom stereocenters. The zero-order valence-electron chi connectivity index (χ0n) is 9.71. The zero-order chi connectivity index (χ0) is 13.3. The van der Waals surface area contributed by atoms with Crippen molar-refractivity contribution < 1.29 is 24.5 Å². The van der Waals surface area contributed by atoms with Gasteiger partial charge in [-0.1, -0.05) is 6.07 Å². The number of carbonyl (C=O) groups is 2. The van der Waals surface area contributed by atoms with Crippen LogP contribution in [0.2, 0.25) is 0 Å². The van der Waals surface area contributed by atoms with Gasteiger partial charge in [-0.05, 0) is 24.6 Å². The van der Waals surface area contributed by atoms with Gasteiger partial charge in [0.15, 0.2) is 6.10 Å². The molecule has 0 bridgehead atoms. The second kappa shape index (κ2) is 4.66. The van der Waals surface area contributed by atoms with Crippen LogP contribution in [0.1, 0.15) is 25.0 Å². The first-order valence-corrected chi connectivity index (χ1v) is 5.48. The maximum Gasteiger partial charge on any atom is 0.306 e. The Morgan fingerprint density at radius 1 is 1.56 bits per heavy atom. The van der Waals surface area contributed by atoms with Gasteiger partial charge in [-0.3, -0.25) is 9.59 Å². The molecule has 0 aliphatic carbocycles. The summed E-state index contributed by atoms with van der Waals surface area (Å²) < 4.78 is 5.35. The van der Waals surface area contributed by atoms with Crippen LogP contribution in [-0.2, 0) is 9.59 Å². The number of aliphatic hydroxyl groups is 1. The van der Waals surface area contributed by atoms with E-state index in [1.165, 1.54) is 6.07 Å². The summed E-state index contributed by atoms with van der Waals surface area (Å²) in [5.74, 6) is -0.852. The first kappa shape index (κ1) is 12.4. The largest absolute Gasteiger partial charge is 0.481 e. The highest BCUT2D eigenvalue weighted by Gasteiger charge is 2.24. The molecule has 0 aromatic heterocycles. The summed E-state index contributed by atoms with van der Waals surface area (Å²) in [5, 5.41) is 20.9. The minimum Gasteiger partial charge on any atom is -0.481 e. The number of ether oxygens (including phenoxy) is 1. The van der Waals surface area contributed by atoms with E-state index >= 15 is 0 Å². The third kappa shape index (κ3) is 2.43. The van der Waals surface area contributed by atoms with Gasteiger partial charge < -0.3 is 20.3 Å². The molecule has 0 saturated heterocycles. The Labute approximate surface area is 103 Å². The van der Waals surface area contributed by atoms with Crippen LogP contribution in [0.4, 0.5) is 5.69 Å². The average molecular weight is 251 g/mol. The second-order valence-corrected chi connectivity index (χ2v) is 4.12. The summed E-state index contributed by atoms with van der Waals surface area (Å²) in [6.07, 6.45) is -2.05. The lowest BCUT2D eigenvalue weighted by molar-refractivity contribution is -0.139. The van der Waals surface area contributed by atoms with Crippen molar-refractivity contribution in [1.29, 1.82) is 0 Å². The Bertz CT molecular complexity index is 499. The van der Waals surface area contributed by atoms with Crippen molar-refractivity contribution >= 4 is 17.6 Å². The monoisotopic (exact) mass is 251 g/mol. The maximum atomic E-state index is 11.4. The van der Waals surface area contributed by atoms with Crippen LogP contribution in [0.15, 0.2) is 18.2 Å². The van der Waals surface area contributed by atoms with Crippen LogP contribution in [0.5, 0.6) is 5.75 Å². The number of rotatable bonds is 3. The lowest BCUT2D eigenvalue weighted by Gasteiger charge is -2.24. The quantitative estimate of drug-likeness (QED) is 0.742. The summed E-state index contributed by atoms with van der Waals surface area (Å²) in [6, 6.07) is 4.70. The minimum atomic E-state index is -1.11. The minimum absolute atomic E-state index is 0.271. The molecule has 1 amide bonds. The van der Waals surface area contributed by atoms with Crippen molar-refractivity contribution in [2.75, 3.05) is 5.32 Å². The van der Waals surface area contributed by atoms with E-state index in [0.717, 1.165) is 0 Å². The van der Waals surface area contributed by atoms with Gasteiger partial charge >= 0.3 is 5.97 Å². The molecular weight excluding hydrogens is 238 g/mol. The van der Waals surface area contributed by atoms with E-state index in [4.69, 9.17) is 9.84 Å². The summed E-state index contributed by atoms with van der Waals surface area (Å²) in [5.41, 5.74) is 0.870. The molecule has 0 radical (unpaired) electrons. The molecule has 1 aliphatic rings. The van der Waals surface area contributed by atoms with E-state index < -0.39 is 18.2 Å². The summed E-state index contributed by atoms with van der Waals surface area (Å²) in [7, 11) is 0. The predicted octanol–water partition coefficient (Wildman–Crippen LogP) is 0.914. The topological polar surface area (TPSA) is 95.9 Å². The molecule has 1 aromatic carbocycles. The fraction of sp³-hybridized carbons (Fsp3) is 0.333. The van der Waals surface area contributed by atoms with Crippen LogP contribution in [0.3, 0.4) is 0 Å². The third-order valence-electron chi connectivity index (χ3n) is 2.69. The van der Waals surface area contributed by atoms with Gasteiger partial charge in [0.1, 0.15) is 5.75 Å². The Kier molecular flexibility index (Phi) is 3.20. The number of amides is 1. The molecule has 1 aliphatic heterocycles. The normalized spacial score (nSPS) is 19.4. The number of fused-ring (bicyclic) bond motifs is 1. The molecule has 0 spiro atoms. The summed E-state index contributed by atoms with van der Waals surface area (Å²) >= 11 is 0. The predicted molar refractivity (Wildman–Crippen MR) is 62.4 cm³/mol. The molecule has 2 atom stereocenters. The van der Waals surface area contributed by atoms with Gasteiger partial charge in [-0.2, -0.15) is 0 Å². The number of carboxylic acids is 1. The fourth-order valence-corrected chi connectivity index (χ4v) is 1.72.